The second-order valence-electron chi connectivity index (χ2n) is 6.94. The summed E-state index contributed by atoms with van der Waals surface area (Å²) in [6.07, 6.45) is 6.75. The lowest BCUT2D eigenvalue weighted by molar-refractivity contribution is -0.158. The number of rotatable bonds is 6. The predicted octanol–water partition coefficient (Wildman–Crippen LogP) is 3.06. The summed E-state index contributed by atoms with van der Waals surface area (Å²) < 4.78 is 11.6. The first-order valence-electron chi connectivity index (χ1n) is 9.14. The minimum Gasteiger partial charge on any atom is -0.381 e. The summed E-state index contributed by atoms with van der Waals surface area (Å²) in [6.45, 7) is 1.42. The van der Waals surface area contributed by atoms with Crippen LogP contribution >= 0.6 is 0 Å². The second-order valence-corrected chi connectivity index (χ2v) is 6.94. The Morgan fingerprint density at radius 2 is 1.85 bits per heavy atom. The second kappa shape index (κ2) is 7.51. The molecule has 0 bridgehead atoms. The van der Waals surface area contributed by atoms with Crippen molar-refractivity contribution in [3.8, 4) is 0 Å². The molecule has 0 atom stereocenters. The molecule has 1 saturated heterocycles. The fraction of sp³-hybridized carbons (Fsp3) is 0.450. The molecule has 26 heavy (non-hydrogen) atoms. The SMILES string of the molecule is O=C(Nc1cnc(C2CC2)nc1)C1(OCc2ccccc2)CCOCC1. The van der Waals surface area contributed by atoms with Crippen molar-refractivity contribution >= 4 is 11.6 Å². The van der Waals surface area contributed by atoms with Crippen LogP contribution in [-0.2, 0) is 20.9 Å². The zero-order chi connectivity index (χ0) is 17.8. The van der Waals surface area contributed by atoms with Gasteiger partial charge in [0.1, 0.15) is 5.82 Å². The van der Waals surface area contributed by atoms with Gasteiger partial charge in [0.2, 0.25) is 0 Å². The number of carbonyl (C=O) groups excluding carboxylic acids is 1. The molecular formula is C20H23N3O3. The summed E-state index contributed by atoms with van der Waals surface area (Å²) in [6, 6.07) is 9.89. The van der Waals surface area contributed by atoms with Gasteiger partial charge in [-0.3, -0.25) is 4.79 Å². The fourth-order valence-electron chi connectivity index (χ4n) is 3.13. The van der Waals surface area contributed by atoms with Crippen LogP contribution in [0.3, 0.4) is 0 Å². The fourth-order valence-corrected chi connectivity index (χ4v) is 3.13. The summed E-state index contributed by atoms with van der Waals surface area (Å²) in [7, 11) is 0. The Kier molecular flexibility index (Phi) is 4.95. The van der Waals surface area contributed by atoms with Crippen LogP contribution in [0, 0.1) is 0 Å². The quantitative estimate of drug-likeness (QED) is 0.864. The highest BCUT2D eigenvalue weighted by Gasteiger charge is 2.41. The number of amides is 1. The molecule has 6 nitrogen and oxygen atoms in total. The number of ether oxygens (including phenoxy) is 2. The van der Waals surface area contributed by atoms with E-state index in [1.165, 1.54) is 0 Å². The Labute approximate surface area is 153 Å². The first kappa shape index (κ1) is 17.1. The van der Waals surface area contributed by atoms with Crippen molar-refractivity contribution in [3.05, 3.63) is 54.1 Å². The third kappa shape index (κ3) is 3.92. The lowest BCUT2D eigenvalue weighted by Crippen LogP contribution is -2.49. The monoisotopic (exact) mass is 353 g/mol. The summed E-state index contributed by atoms with van der Waals surface area (Å²) in [4.78, 5) is 21.7. The molecule has 1 aromatic carbocycles. The van der Waals surface area contributed by atoms with E-state index in [-0.39, 0.29) is 5.91 Å². The molecule has 2 aliphatic rings. The maximum atomic E-state index is 13.0. The van der Waals surface area contributed by atoms with Crippen LogP contribution in [0.5, 0.6) is 0 Å². The molecule has 1 amide bonds. The molecule has 0 radical (unpaired) electrons. The number of carbonyl (C=O) groups is 1. The van der Waals surface area contributed by atoms with E-state index < -0.39 is 5.60 Å². The molecule has 2 aromatic rings. The number of nitrogens with one attached hydrogen (secondary N) is 1. The van der Waals surface area contributed by atoms with Crippen LogP contribution in [0.25, 0.3) is 0 Å². The van der Waals surface area contributed by atoms with Crippen LogP contribution in [0.1, 0.15) is 43.0 Å². The molecule has 2 fully saturated rings. The minimum absolute atomic E-state index is 0.153. The number of benzene rings is 1. The average Bonchev–Trinajstić information content (AvgIpc) is 3.54. The molecule has 1 aliphatic carbocycles. The van der Waals surface area contributed by atoms with Gasteiger partial charge in [-0.2, -0.15) is 0 Å². The highest BCUT2D eigenvalue weighted by Crippen LogP contribution is 2.37. The van der Waals surface area contributed by atoms with Crippen LogP contribution < -0.4 is 5.32 Å². The molecular weight excluding hydrogens is 330 g/mol. The molecule has 1 aromatic heterocycles. The molecule has 1 saturated carbocycles. The first-order valence-corrected chi connectivity index (χ1v) is 9.14. The van der Waals surface area contributed by atoms with Gasteiger partial charge in [-0.1, -0.05) is 30.3 Å². The number of aromatic nitrogens is 2. The van der Waals surface area contributed by atoms with Crippen molar-refractivity contribution in [1.82, 2.24) is 9.97 Å². The Balaban J connectivity index is 1.44. The average molecular weight is 353 g/mol. The van der Waals surface area contributed by atoms with Crippen molar-refractivity contribution in [1.29, 1.82) is 0 Å². The van der Waals surface area contributed by atoms with Crippen LogP contribution in [0.15, 0.2) is 42.7 Å². The summed E-state index contributed by atoms with van der Waals surface area (Å²) in [5.74, 6) is 1.21. The van der Waals surface area contributed by atoms with Crippen molar-refractivity contribution in [2.24, 2.45) is 0 Å². The highest BCUT2D eigenvalue weighted by molar-refractivity contribution is 5.97. The maximum absolute atomic E-state index is 13.0. The number of hydrogen-bond acceptors (Lipinski definition) is 5. The smallest absolute Gasteiger partial charge is 0.256 e. The zero-order valence-corrected chi connectivity index (χ0v) is 14.7. The van der Waals surface area contributed by atoms with Gasteiger partial charge in [0.05, 0.1) is 24.7 Å². The Morgan fingerprint density at radius 1 is 1.15 bits per heavy atom. The molecule has 0 spiro atoms. The Bertz CT molecular complexity index is 739. The highest BCUT2D eigenvalue weighted by atomic mass is 16.5. The zero-order valence-electron chi connectivity index (χ0n) is 14.7. The van der Waals surface area contributed by atoms with Crippen molar-refractivity contribution in [2.45, 2.75) is 43.8 Å². The van der Waals surface area contributed by atoms with Crippen molar-refractivity contribution < 1.29 is 14.3 Å². The van der Waals surface area contributed by atoms with E-state index in [0.29, 0.717) is 44.3 Å². The largest absolute Gasteiger partial charge is 0.381 e. The van der Waals surface area contributed by atoms with E-state index >= 15 is 0 Å². The number of nitrogens with zero attached hydrogens (tertiary/aromatic N) is 2. The molecule has 6 heteroatoms. The summed E-state index contributed by atoms with van der Waals surface area (Å²) in [5, 5.41) is 2.93. The first-order chi connectivity index (χ1) is 12.8. The lowest BCUT2D eigenvalue weighted by Gasteiger charge is -2.35. The minimum atomic E-state index is -0.886. The topological polar surface area (TPSA) is 73.3 Å². The summed E-state index contributed by atoms with van der Waals surface area (Å²) in [5.41, 5.74) is 0.764. The molecule has 136 valence electrons. The number of anilines is 1. The van der Waals surface area contributed by atoms with Gasteiger partial charge < -0.3 is 14.8 Å². The molecule has 4 rings (SSSR count). The Morgan fingerprint density at radius 3 is 2.50 bits per heavy atom. The van der Waals surface area contributed by atoms with Gasteiger partial charge in [-0.15, -0.1) is 0 Å². The molecule has 1 aliphatic heterocycles. The molecule has 2 heterocycles. The van der Waals surface area contributed by atoms with Crippen molar-refractivity contribution in [2.75, 3.05) is 18.5 Å². The van der Waals surface area contributed by atoms with Gasteiger partial charge >= 0.3 is 0 Å². The normalized spacial score (nSPS) is 19.1. The van der Waals surface area contributed by atoms with Crippen LogP contribution in [0.4, 0.5) is 5.69 Å². The van der Waals surface area contributed by atoms with Crippen molar-refractivity contribution in [3.63, 3.8) is 0 Å². The van der Waals surface area contributed by atoms with E-state index in [1.54, 1.807) is 12.4 Å². The van der Waals surface area contributed by atoms with Gasteiger partial charge in [-0.05, 0) is 18.4 Å². The van der Waals surface area contributed by atoms with E-state index in [4.69, 9.17) is 9.47 Å². The van der Waals surface area contributed by atoms with E-state index in [9.17, 15) is 4.79 Å². The van der Waals surface area contributed by atoms with E-state index in [1.807, 2.05) is 30.3 Å². The number of hydrogen-bond donors (Lipinski definition) is 1. The van der Waals surface area contributed by atoms with Gasteiger partial charge in [0.25, 0.3) is 5.91 Å². The third-order valence-corrected chi connectivity index (χ3v) is 4.94. The standard InChI is InChI=1S/C20H23N3O3/c24-19(23-17-12-21-18(22-13-17)16-6-7-16)20(8-10-25-11-9-20)26-14-15-4-2-1-3-5-15/h1-5,12-13,16H,6-11,14H2,(H,23,24). The summed E-state index contributed by atoms with van der Waals surface area (Å²) >= 11 is 0. The van der Waals surface area contributed by atoms with Gasteiger partial charge in [0.15, 0.2) is 5.60 Å². The van der Waals surface area contributed by atoms with Crippen LogP contribution in [-0.4, -0.2) is 34.7 Å². The van der Waals surface area contributed by atoms with E-state index in [2.05, 4.69) is 15.3 Å². The third-order valence-electron chi connectivity index (χ3n) is 4.94. The molecule has 0 unspecified atom stereocenters. The van der Waals surface area contributed by atoms with E-state index in [0.717, 1.165) is 24.2 Å². The molecule has 1 N–H and O–H groups in total. The maximum Gasteiger partial charge on any atom is 0.256 e. The van der Waals surface area contributed by atoms with Gasteiger partial charge in [0, 0.05) is 32.0 Å². The predicted molar refractivity (Wildman–Crippen MR) is 96.7 cm³/mol. The Hall–Kier alpha value is -2.31. The van der Waals surface area contributed by atoms with Gasteiger partial charge in [-0.25, -0.2) is 9.97 Å². The lowest BCUT2D eigenvalue weighted by atomic mass is 9.92. The van der Waals surface area contributed by atoms with Crippen LogP contribution in [0.2, 0.25) is 0 Å².